The number of ether oxygens (including phenoxy) is 2. The first-order chi connectivity index (χ1) is 15.3. The number of aryl methyl sites for hydroxylation is 1. The van der Waals surface area contributed by atoms with Crippen LogP contribution in [0.4, 0.5) is 5.00 Å². The second-order valence-corrected chi connectivity index (χ2v) is 9.48. The van der Waals surface area contributed by atoms with E-state index in [1.54, 1.807) is 25.3 Å². The summed E-state index contributed by atoms with van der Waals surface area (Å²) < 4.78 is 9.95. The number of nitrogens with one attached hydrogen (secondary N) is 2. The maximum atomic E-state index is 12.8. The summed E-state index contributed by atoms with van der Waals surface area (Å²) in [6.45, 7) is 2.18. The van der Waals surface area contributed by atoms with Crippen LogP contribution in [0.3, 0.4) is 0 Å². The summed E-state index contributed by atoms with van der Waals surface area (Å²) in [5.74, 6) is -0.357. The van der Waals surface area contributed by atoms with Gasteiger partial charge in [-0.2, -0.15) is 0 Å². The average Bonchev–Trinajstić information content (AvgIpc) is 3.17. The highest BCUT2D eigenvalue weighted by Crippen LogP contribution is 2.33. The number of hydrogen-bond donors (Lipinski definition) is 2. The molecule has 32 heavy (non-hydrogen) atoms. The van der Waals surface area contributed by atoms with Gasteiger partial charge in [0, 0.05) is 17.3 Å². The third-order valence-corrected chi connectivity index (χ3v) is 6.90. The van der Waals surface area contributed by atoms with Gasteiger partial charge in [0.15, 0.2) is 0 Å². The summed E-state index contributed by atoms with van der Waals surface area (Å²) in [7, 11) is 2.93. The highest BCUT2D eigenvalue weighted by Gasteiger charge is 2.31. The van der Waals surface area contributed by atoms with Gasteiger partial charge in [0.1, 0.15) is 10.8 Å². The maximum Gasteiger partial charge on any atom is 0.308 e. The van der Waals surface area contributed by atoms with Gasteiger partial charge in [0.2, 0.25) is 5.91 Å². The van der Waals surface area contributed by atoms with Crippen molar-refractivity contribution in [3.8, 4) is 5.75 Å². The smallest absolute Gasteiger partial charge is 0.308 e. The average molecular weight is 479 g/mol. The van der Waals surface area contributed by atoms with Gasteiger partial charge in [-0.25, -0.2) is 0 Å². The molecule has 0 bridgehead atoms. The van der Waals surface area contributed by atoms with Crippen molar-refractivity contribution >= 4 is 45.7 Å². The summed E-state index contributed by atoms with van der Waals surface area (Å²) in [4.78, 5) is 38.2. The van der Waals surface area contributed by atoms with E-state index >= 15 is 0 Å². The summed E-state index contributed by atoms with van der Waals surface area (Å²) in [6, 6.07) is 7.09. The Labute approximate surface area is 196 Å². The summed E-state index contributed by atoms with van der Waals surface area (Å²) in [5, 5.41) is 6.81. The van der Waals surface area contributed by atoms with Crippen molar-refractivity contribution in [3.63, 3.8) is 0 Å². The molecule has 1 aliphatic carbocycles. The lowest BCUT2D eigenvalue weighted by Crippen LogP contribution is -2.30. The van der Waals surface area contributed by atoms with Crippen LogP contribution in [-0.4, -0.2) is 32.0 Å². The van der Waals surface area contributed by atoms with Crippen molar-refractivity contribution in [2.24, 2.45) is 11.8 Å². The zero-order valence-electron chi connectivity index (χ0n) is 18.3. The highest BCUT2D eigenvalue weighted by atomic mass is 35.5. The molecule has 1 aromatic heterocycles. The van der Waals surface area contributed by atoms with Crippen molar-refractivity contribution in [1.29, 1.82) is 0 Å². The van der Waals surface area contributed by atoms with Crippen LogP contribution in [0.2, 0.25) is 5.02 Å². The molecule has 0 aliphatic heterocycles. The van der Waals surface area contributed by atoms with E-state index in [2.05, 4.69) is 10.6 Å². The summed E-state index contributed by atoms with van der Waals surface area (Å²) in [5.41, 5.74) is 1.27. The molecule has 1 aliphatic rings. The molecule has 2 N–H and O–H groups in total. The van der Waals surface area contributed by atoms with E-state index in [0.717, 1.165) is 10.4 Å². The minimum atomic E-state index is -0.272. The zero-order chi connectivity index (χ0) is 23.3. The van der Waals surface area contributed by atoms with Crippen molar-refractivity contribution in [3.05, 3.63) is 45.3 Å². The minimum Gasteiger partial charge on any atom is -0.495 e. The lowest BCUT2D eigenvalue weighted by molar-refractivity contribution is -0.147. The molecule has 0 saturated heterocycles. The molecule has 1 heterocycles. The van der Waals surface area contributed by atoms with Gasteiger partial charge in [0.25, 0.3) is 5.91 Å². The Balaban J connectivity index is 1.60. The molecule has 7 nitrogen and oxygen atoms in total. The van der Waals surface area contributed by atoms with Gasteiger partial charge in [-0.15, -0.1) is 11.3 Å². The Bertz CT molecular complexity index is 998. The summed E-state index contributed by atoms with van der Waals surface area (Å²) >= 11 is 7.52. The Hall–Kier alpha value is -2.58. The molecule has 1 saturated carbocycles. The topological polar surface area (TPSA) is 93.7 Å². The van der Waals surface area contributed by atoms with Gasteiger partial charge in [0.05, 0.1) is 30.7 Å². The lowest BCUT2D eigenvalue weighted by atomic mass is 9.81. The Morgan fingerprint density at radius 3 is 2.41 bits per heavy atom. The number of methoxy groups -OCH3 is 2. The molecule has 3 rings (SSSR count). The normalized spacial score (nSPS) is 18.0. The molecule has 2 aromatic rings. The fraction of sp³-hybridized carbons (Fsp3) is 0.435. The predicted molar refractivity (Wildman–Crippen MR) is 124 cm³/mol. The number of hydrogen-bond acceptors (Lipinski definition) is 6. The van der Waals surface area contributed by atoms with E-state index in [0.29, 0.717) is 53.6 Å². The van der Waals surface area contributed by atoms with Gasteiger partial charge >= 0.3 is 5.97 Å². The van der Waals surface area contributed by atoms with Gasteiger partial charge in [-0.1, -0.05) is 17.7 Å². The predicted octanol–water partition coefficient (Wildman–Crippen LogP) is 4.57. The summed E-state index contributed by atoms with van der Waals surface area (Å²) in [6.07, 6.45) is 2.50. The minimum absolute atomic E-state index is 0.119. The molecule has 0 unspecified atom stereocenters. The number of thiophene rings is 1. The number of carbonyl (C=O) groups excluding carboxylic acids is 3. The molecule has 1 fully saturated rings. The lowest BCUT2D eigenvalue weighted by Gasteiger charge is -2.26. The number of esters is 1. The van der Waals surface area contributed by atoms with Crippen LogP contribution in [0.25, 0.3) is 0 Å². The highest BCUT2D eigenvalue weighted by molar-refractivity contribution is 7.16. The number of anilines is 1. The molecule has 172 valence electrons. The Kier molecular flexibility index (Phi) is 8.15. The van der Waals surface area contributed by atoms with Gasteiger partial charge in [-0.05, 0) is 56.4 Å². The zero-order valence-corrected chi connectivity index (χ0v) is 19.9. The molecular weight excluding hydrogens is 452 g/mol. The van der Waals surface area contributed by atoms with Crippen molar-refractivity contribution in [2.45, 2.75) is 39.2 Å². The molecule has 0 atom stereocenters. The number of benzene rings is 1. The number of amides is 2. The van der Waals surface area contributed by atoms with Crippen LogP contribution < -0.4 is 15.4 Å². The number of halogens is 1. The Morgan fingerprint density at radius 1 is 1.09 bits per heavy atom. The van der Waals surface area contributed by atoms with Crippen LogP contribution in [0.15, 0.2) is 24.3 Å². The van der Waals surface area contributed by atoms with E-state index in [1.807, 2.05) is 13.0 Å². The van der Waals surface area contributed by atoms with E-state index in [-0.39, 0.29) is 29.6 Å². The second kappa shape index (κ2) is 10.8. The van der Waals surface area contributed by atoms with E-state index < -0.39 is 0 Å². The monoisotopic (exact) mass is 478 g/mol. The quantitative estimate of drug-likeness (QED) is 0.568. The van der Waals surface area contributed by atoms with E-state index in [9.17, 15) is 14.4 Å². The molecule has 2 amide bonds. The maximum absolute atomic E-state index is 12.8. The van der Waals surface area contributed by atoms with Crippen LogP contribution in [0, 0.1) is 18.8 Å². The first kappa shape index (κ1) is 24.1. The second-order valence-electron chi connectivity index (χ2n) is 7.81. The van der Waals surface area contributed by atoms with E-state index in [1.165, 1.54) is 18.4 Å². The molecular formula is C23H27ClN2O5S. The standard InChI is InChI=1S/C23H27ClN2O5S/c1-13-10-17(21(28)25-12-14-4-9-19(30-2)18(24)11-14)22(32-13)26-20(27)15-5-7-16(8-6-15)23(29)31-3/h4,9-11,15-16H,5-8,12H2,1-3H3,(H,25,28)(H,26,27). The number of carbonyl (C=O) groups is 3. The van der Waals surface area contributed by atoms with Crippen LogP contribution in [0.1, 0.15) is 46.5 Å². The largest absolute Gasteiger partial charge is 0.495 e. The third kappa shape index (κ3) is 5.81. The SMILES string of the molecule is COC(=O)C1CCC(C(=O)Nc2sc(C)cc2C(=O)NCc2ccc(OC)c(Cl)c2)CC1. The van der Waals surface area contributed by atoms with Gasteiger partial charge < -0.3 is 20.1 Å². The molecule has 0 radical (unpaired) electrons. The first-order valence-electron chi connectivity index (χ1n) is 10.4. The van der Waals surface area contributed by atoms with Crippen LogP contribution >= 0.6 is 22.9 Å². The van der Waals surface area contributed by atoms with Gasteiger partial charge in [-0.3, -0.25) is 14.4 Å². The fourth-order valence-electron chi connectivity index (χ4n) is 3.85. The van der Waals surface area contributed by atoms with Crippen molar-refractivity contribution in [1.82, 2.24) is 5.32 Å². The van der Waals surface area contributed by atoms with Crippen LogP contribution in [-0.2, 0) is 20.9 Å². The van der Waals surface area contributed by atoms with Crippen molar-refractivity contribution in [2.75, 3.05) is 19.5 Å². The fourth-order valence-corrected chi connectivity index (χ4v) is 5.04. The van der Waals surface area contributed by atoms with Crippen molar-refractivity contribution < 1.29 is 23.9 Å². The Morgan fingerprint density at radius 2 is 1.78 bits per heavy atom. The first-order valence-corrected chi connectivity index (χ1v) is 11.6. The molecule has 9 heteroatoms. The third-order valence-electron chi connectivity index (χ3n) is 5.64. The van der Waals surface area contributed by atoms with E-state index in [4.69, 9.17) is 21.1 Å². The van der Waals surface area contributed by atoms with Crippen LogP contribution in [0.5, 0.6) is 5.75 Å². The molecule has 0 spiro atoms. The molecule has 1 aromatic carbocycles. The number of rotatable bonds is 7.